The van der Waals surface area contributed by atoms with E-state index < -0.39 is 0 Å². The molecule has 0 unspecified atom stereocenters. The van der Waals surface area contributed by atoms with Crippen molar-refractivity contribution >= 4 is 0 Å². The molecule has 1 rings (SSSR count). The lowest BCUT2D eigenvalue weighted by Crippen LogP contribution is -2.52. The van der Waals surface area contributed by atoms with E-state index in [2.05, 4.69) is 31.2 Å². The summed E-state index contributed by atoms with van der Waals surface area (Å²) in [5, 5.41) is 3.50. The highest BCUT2D eigenvalue weighted by Crippen LogP contribution is 2.31. The number of likely N-dealkylation sites (N-methyl/N-ethyl adjacent to an activating group) is 2. The van der Waals surface area contributed by atoms with Crippen molar-refractivity contribution in [3.05, 3.63) is 0 Å². The van der Waals surface area contributed by atoms with Gasteiger partial charge >= 0.3 is 0 Å². The van der Waals surface area contributed by atoms with Crippen LogP contribution in [0.4, 0.5) is 0 Å². The van der Waals surface area contributed by atoms with Crippen LogP contribution in [0.15, 0.2) is 0 Å². The van der Waals surface area contributed by atoms with Gasteiger partial charge in [-0.05, 0) is 33.5 Å². The Kier molecular flexibility index (Phi) is 4.20. The number of hydrogen-bond acceptors (Lipinski definition) is 2. The van der Waals surface area contributed by atoms with Crippen molar-refractivity contribution in [1.29, 1.82) is 0 Å². The van der Waals surface area contributed by atoms with Crippen LogP contribution in [0.25, 0.3) is 0 Å². The molecule has 0 aromatic rings. The largest absolute Gasteiger partial charge is 0.315 e. The molecule has 78 valence electrons. The summed E-state index contributed by atoms with van der Waals surface area (Å²) in [7, 11) is 4.45. The third kappa shape index (κ3) is 2.68. The molecule has 0 saturated heterocycles. The van der Waals surface area contributed by atoms with Crippen molar-refractivity contribution in [2.24, 2.45) is 0 Å². The van der Waals surface area contributed by atoms with Crippen molar-refractivity contribution in [2.75, 3.05) is 27.2 Å². The Hall–Kier alpha value is -0.0800. The van der Waals surface area contributed by atoms with Gasteiger partial charge in [-0.25, -0.2) is 0 Å². The van der Waals surface area contributed by atoms with Crippen LogP contribution in [-0.4, -0.2) is 37.6 Å². The molecule has 2 heteroatoms. The first-order chi connectivity index (χ1) is 6.21. The molecule has 0 bridgehead atoms. The first-order valence-corrected chi connectivity index (χ1v) is 5.59. The molecule has 0 spiro atoms. The molecule has 0 aliphatic heterocycles. The summed E-state index contributed by atoms with van der Waals surface area (Å²) >= 11 is 0. The number of rotatable bonds is 4. The highest BCUT2D eigenvalue weighted by atomic mass is 15.2. The third-order valence-electron chi connectivity index (χ3n) is 3.44. The van der Waals surface area contributed by atoms with Crippen molar-refractivity contribution in [1.82, 2.24) is 10.2 Å². The highest BCUT2D eigenvalue weighted by molar-refractivity contribution is 4.92. The van der Waals surface area contributed by atoms with E-state index in [1.165, 1.54) is 32.1 Å². The summed E-state index contributed by atoms with van der Waals surface area (Å²) in [5.74, 6) is 0. The Balaban J connectivity index is 2.51. The zero-order valence-electron chi connectivity index (χ0n) is 9.40. The van der Waals surface area contributed by atoms with Crippen LogP contribution >= 0.6 is 0 Å². The van der Waals surface area contributed by atoms with Gasteiger partial charge in [0.25, 0.3) is 0 Å². The minimum atomic E-state index is 0.453. The van der Waals surface area contributed by atoms with Crippen LogP contribution in [0.5, 0.6) is 0 Å². The van der Waals surface area contributed by atoms with Gasteiger partial charge in [0.15, 0.2) is 0 Å². The van der Waals surface area contributed by atoms with Gasteiger partial charge in [0.1, 0.15) is 0 Å². The molecule has 2 nitrogen and oxygen atoms in total. The minimum Gasteiger partial charge on any atom is -0.315 e. The molecule has 0 heterocycles. The lowest BCUT2D eigenvalue weighted by atomic mass is 9.80. The molecular formula is C11H24N2. The van der Waals surface area contributed by atoms with Crippen LogP contribution in [0.3, 0.4) is 0 Å². The van der Waals surface area contributed by atoms with Gasteiger partial charge in [-0.15, -0.1) is 0 Å². The van der Waals surface area contributed by atoms with E-state index in [0.717, 1.165) is 13.1 Å². The molecule has 0 aromatic carbocycles. The van der Waals surface area contributed by atoms with Crippen molar-refractivity contribution in [3.8, 4) is 0 Å². The van der Waals surface area contributed by atoms with Crippen molar-refractivity contribution in [3.63, 3.8) is 0 Å². The SMILES string of the molecule is CCNCC1(N(C)C)CCCCC1. The van der Waals surface area contributed by atoms with Crippen LogP contribution < -0.4 is 5.32 Å². The Morgan fingerprint density at radius 2 is 1.77 bits per heavy atom. The van der Waals surface area contributed by atoms with Crippen LogP contribution in [-0.2, 0) is 0 Å². The van der Waals surface area contributed by atoms with Gasteiger partial charge in [0.2, 0.25) is 0 Å². The van der Waals surface area contributed by atoms with Crippen LogP contribution in [0, 0.1) is 0 Å². The van der Waals surface area contributed by atoms with Crippen LogP contribution in [0.2, 0.25) is 0 Å². The fraction of sp³-hybridized carbons (Fsp3) is 1.00. The van der Waals surface area contributed by atoms with Crippen LogP contribution in [0.1, 0.15) is 39.0 Å². The Morgan fingerprint density at radius 1 is 1.15 bits per heavy atom. The summed E-state index contributed by atoms with van der Waals surface area (Å²) in [6.45, 7) is 4.44. The second kappa shape index (κ2) is 4.97. The maximum Gasteiger partial charge on any atom is 0.0327 e. The summed E-state index contributed by atoms with van der Waals surface area (Å²) in [6.07, 6.45) is 6.98. The fourth-order valence-electron chi connectivity index (χ4n) is 2.35. The number of nitrogens with one attached hydrogen (secondary N) is 1. The smallest absolute Gasteiger partial charge is 0.0327 e. The summed E-state index contributed by atoms with van der Waals surface area (Å²) in [4.78, 5) is 2.43. The summed E-state index contributed by atoms with van der Waals surface area (Å²) in [5.41, 5.74) is 0.453. The number of nitrogens with zero attached hydrogens (tertiary/aromatic N) is 1. The summed E-state index contributed by atoms with van der Waals surface area (Å²) < 4.78 is 0. The standard InChI is InChI=1S/C11H24N2/c1-4-12-10-11(13(2)3)8-6-5-7-9-11/h12H,4-10H2,1-3H3. The van der Waals surface area contributed by atoms with E-state index in [0.29, 0.717) is 5.54 Å². The lowest BCUT2D eigenvalue weighted by Gasteiger charge is -2.43. The van der Waals surface area contributed by atoms with E-state index in [-0.39, 0.29) is 0 Å². The third-order valence-corrected chi connectivity index (χ3v) is 3.44. The molecule has 13 heavy (non-hydrogen) atoms. The molecule has 0 amide bonds. The quantitative estimate of drug-likeness (QED) is 0.717. The van der Waals surface area contributed by atoms with Gasteiger partial charge in [0, 0.05) is 12.1 Å². The summed E-state index contributed by atoms with van der Waals surface area (Å²) in [6, 6.07) is 0. The number of hydrogen-bond donors (Lipinski definition) is 1. The normalized spacial score (nSPS) is 22.2. The zero-order valence-corrected chi connectivity index (χ0v) is 9.40. The molecular weight excluding hydrogens is 160 g/mol. The average molecular weight is 184 g/mol. The van der Waals surface area contributed by atoms with Gasteiger partial charge in [0.05, 0.1) is 0 Å². The second-order valence-electron chi connectivity index (χ2n) is 4.46. The van der Waals surface area contributed by atoms with E-state index in [9.17, 15) is 0 Å². The molecule has 1 saturated carbocycles. The van der Waals surface area contributed by atoms with E-state index in [1.807, 2.05) is 0 Å². The topological polar surface area (TPSA) is 15.3 Å². The molecule has 1 aliphatic rings. The van der Waals surface area contributed by atoms with E-state index >= 15 is 0 Å². The first kappa shape index (κ1) is 11.0. The van der Waals surface area contributed by atoms with Gasteiger partial charge < -0.3 is 10.2 Å². The Labute approximate surface area is 82.7 Å². The molecule has 1 aliphatic carbocycles. The zero-order chi connectivity index (χ0) is 9.73. The average Bonchev–Trinajstić information content (AvgIpc) is 2.16. The van der Waals surface area contributed by atoms with Gasteiger partial charge in [-0.1, -0.05) is 26.2 Å². The molecule has 0 aromatic heterocycles. The maximum atomic E-state index is 3.50. The van der Waals surface area contributed by atoms with Crippen molar-refractivity contribution < 1.29 is 0 Å². The van der Waals surface area contributed by atoms with Gasteiger partial charge in [-0.3, -0.25) is 0 Å². The minimum absolute atomic E-state index is 0.453. The first-order valence-electron chi connectivity index (χ1n) is 5.59. The predicted molar refractivity (Wildman–Crippen MR) is 58.0 cm³/mol. The molecule has 1 fully saturated rings. The molecule has 0 radical (unpaired) electrons. The van der Waals surface area contributed by atoms with E-state index in [4.69, 9.17) is 0 Å². The molecule has 0 atom stereocenters. The van der Waals surface area contributed by atoms with E-state index in [1.54, 1.807) is 0 Å². The highest BCUT2D eigenvalue weighted by Gasteiger charge is 2.33. The predicted octanol–water partition coefficient (Wildman–Crippen LogP) is 1.86. The monoisotopic (exact) mass is 184 g/mol. The lowest BCUT2D eigenvalue weighted by molar-refractivity contribution is 0.0994. The maximum absolute atomic E-state index is 3.50. The Bertz CT molecular complexity index is 137. The molecule has 1 N–H and O–H groups in total. The van der Waals surface area contributed by atoms with Gasteiger partial charge in [-0.2, -0.15) is 0 Å². The second-order valence-corrected chi connectivity index (χ2v) is 4.46. The fourth-order valence-corrected chi connectivity index (χ4v) is 2.35. The van der Waals surface area contributed by atoms with Crippen molar-refractivity contribution in [2.45, 2.75) is 44.6 Å². The Morgan fingerprint density at radius 3 is 2.23 bits per heavy atom.